The number of anilines is 1. The summed E-state index contributed by atoms with van der Waals surface area (Å²) in [5.74, 6) is 0.561. The Morgan fingerprint density at radius 1 is 1.21 bits per heavy atom. The summed E-state index contributed by atoms with van der Waals surface area (Å²) in [6.07, 6.45) is 2.09. The standard InChI is InChI=1S/C22H29FN4O.HI/c1-2-24-22(25-14-17-7-3-4-8-18(17)16-28)26-20-10-6-12-27(15-20)21-11-5-9-19(23)13-21;/h3-5,7-9,11,13,20,28H,2,6,10,12,14-16H2,1H3,(H2,24,25,26);1H. The molecule has 2 aromatic rings. The second-order valence-corrected chi connectivity index (χ2v) is 7.03. The van der Waals surface area contributed by atoms with E-state index in [1.165, 1.54) is 6.07 Å². The lowest BCUT2D eigenvalue weighted by atomic mass is 10.0. The second-order valence-electron chi connectivity index (χ2n) is 7.03. The molecule has 158 valence electrons. The molecule has 1 heterocycles. The monoisotopic (exact) mass is 512 g/mol. The van der Waals surface area contributed by atoms with E-state index >= 15 is 0 Å². The summed E-state index contributed by atoms with van der Waals surface area (Å²) >= 11 is 0. The predicted molar refractivity (Wildman–Crippen MR) is 127 cm³/mol. The van der Waals surface area contributed by atoms with Gasteiger partial charge in [0.05, 0.1) is 13.2 Å². The summed E-state index contributed by atoms with van der Waals surface area (Å²) in [5.41, 5.74) is 2.84. The molecule has 0 saturated carbocycles. The zero-order valence-electron chi connectivity index (χ0n) is 16.8. The van der Waals surface area contributed by atoms with Crippen molar-refractivity contribution in [2.45, 2.75) is 39.0 Å². The summed E-state index contributed by atoms with van der Waals surface area (Å²) in [6.45, 7) is 5.07. The summed E-state index contributed by atoms with van der Waals surface area (Å²) in [4.78, 5) is 6.92. The van der Waals surface area contributed by atoms with Crippen molar-refractivity contribution >= 4 is 35.6 Å². The zero-order chi connectivity index (χ0) is 19.8. The molecule has 0 radical (unpaired) electrons. The largest absolute Gasteiger partial charge is 0.392 e. The Morgan fingerprint density at radius 3 is 2.72 bits per heavy atom. The fraction of sp³-hybridized carbons (Fsp3) is 0.409. The van der Waals surface area contributed by atoms with Crippen LogP contribution in [0.3, 0.4) is 0 Å². The van der Waals surface area contributed by atoms with E-state index in [9.17, 15) is 9.50 Å². The molecule has 1 atom stereocenters. The fourth-order valence-electron chi connectivity index (χ4n) is 3.55. The van der Waals surface area contributed by atoms with Crippen LogP contribution in [0.5, 0.6) is 0 Å². The number of benzene rings is 2. The molecule has 1 unspecified atom stereocenters. The van der Waals surface area contributed by atoms with Gasteiger partial charge in [-0.15, -0.1) is 24.0 Å². The van der Waals surface area contributed by atoms with Crippen molar-refractivity contribution in [3.8, 4) is 0 Å². The third-order valence-corrected chi connectivity index (χ3v) is 4.98. The molecule has 0 amide bonds. The first-order chi connectivity index (χ1) is 13.7. The van der Waals surface area contributed by atoms with Gasteiger partial charge in [-0.2, -0.15) is 0 Å². The quantitative estimate of drug-likeness (QED) is 0.314. The van der Waals surface area contributed by atoms with Gasteiger partial charge in [0.2, 0.25) is 0 Å². The maximum atomic E-state index is 13.6. The summed E-state index contributed by atoms with van der Waals surface area (Å²) < 4.78 is 13.6. The summed E-state index contributed by atoms with van der Waals surface area (Å²) in [7, 11) is 0. The van der Waals surface area contributed by atoms with Crippen LogP contribution in [-0.4, -0.2) is 36.7 Å². The van der Waals surface area contributed by atoms with Crippen molar-refractivity contribution < 1.29 is 9.50 Å². The van der Waals surface area contributed by atoms with Crippen molar-refractivity contribution in [3.05, 3.63) is 65.5 Å². The first kappa shape index (κ1) is 23.4. The number of hydrogen-bond acceptors (Lipinski definition) is 3. The van der Waals surface area contributed by atoms with Crippen LogP contribution in [0.4, 0.5) is 10.1 Å². The minimum absolute atomic E-state index is 0. The van der Waals surface area contributed by atoms with Gasteiger partial charge < -0.3 is 20.6 Å². The van der Waals surface area contributed by atoms with E-state index in [0.717, 1.165) is 55.2 Å². The van der Waals surface area contributed by atoms with Crippen molar-refractivity contribution in [2.75, 3.05) is 24.5 Å². The molecule has 1 saturated heterocycles. The molecule has 3 rings (SSSR count). The maximum Gasteiger partial charge on any atom is 0.191 e. The van der Waals surface area contributed by atoms with Gasteiger partial charge in [-0.25, -0.2) is 9.38 Å². The van der Waals surface area contributed by atoms with Crippen molar-refractivity contribution in [3.63, 3.8) is 0 Å². The smallest absolute Gasteiger partial charge is 0.191 e. The topological polar surface area (TPSA) is 59.9 Å². The maximum absolute atomic E-state index is 13.6. The number of aliphatic imine (C=N–C) groups is 1. The van der Waals surface area contributed by atoms with Crippen molar-refractivity contribution in [1.82, 2.24) is 10.6 Å². The molecule has 1 fully saturated rings. The Morgan fingerprint density at radius 2 is 2.00 bits per heavy atom. The number of guanidine groups is 1. The molecular weight excluding hydrogens is 482 g/mol. The SMILES string of the molecule is CCNC(=NCc1ccccc1CO)NC1CCCN(c2cccc(F)c2)C1.I. The van der Waals surface area contributed by atoms with Gasteiger partial charge in [-0.1, -0.05) is 30.3 Å². The number of hydrogen-bond donors (Lipinski definition) is 3. The van der Waals surface area contributed by atoms with Gasteiger partial charge in [0.25, 0.3) is 0 Å². The number of aliphatic hydroxyl groups is 1. The molecule has 5 nitrogen and oxygen atoms in total. The molecule has 29 heavy (non-hydrogen) atoms. The molecule has 7 heteroatoms. The van der Waals surface area contributed by atoms with Gasteiger partial charge >= 0.3 is 0 Å². The highest BCUT2D eigenvalue weighted by atomic mass is 127. The second kappa shape index (κ2) is 12.0. The first-order valence-electron chi connectivity index (χ1n) is 9.92. The van der Waals surface area contributed by atoms with Crippen LogP contribution in [0.2, 0.25) is 0 Å². The Hall–Kier alpha value is -1.87. The van der Waals surface area contributed by atoms with Crippen LogP contribution >= 0.6 is 24.0 Å². The van der Waals surface area contributed by atoms with Crippen molar-refractivity contribution in [1.29, 1.82) is 0 Å². The van der Waals surface area contributed by atoms with Gasteiger partial charge in [0, 0.05) is 31.4 Å². The normalized spacial score (nSPS) is 16.9. The number of piperidine rings is 1. The Bertz CT molecular complexity index is 802. The number of aliphatic hydroxyl groups excluding tert-OH is 1. The number of nitrogens with zero attached hydrogens (tertiary/aromatic N) is 2. The summed E-state index contributed by atoms with van der Waals surface area (Å²) in [6, 6.07) is 14.8. The molecule has 0 aromatic heterocycles. The molecule has 0 aliphatic carbocycles. The van der Waals surface area contributed by atoms with Gasteiger partial charge in [0.15, 0.2) is 5.96 Å². The van der Waals surface area contributed by atoms with E-state index < -0.39 is 0 Å². The molecule has 3 N–H and O–H groups in total. The number of halogens is 2. The highest BCUT2D eigenvalue weighted by molar-refractivity contribution is 14.0. The number of nitrogens with one attached hydrogen (secondary N) is 2. The van der Waals surface area contributed by atoms with E-state index in [1.807, 2.05) is 37.3 Å². The third-order valence-electron chi connectivity index (χ3n) is 4.98. The summed E-state index contributed by atoms with van der Waals surface area (Å²) in [5, 5.41) is 16.3. The van der Waals surface area contributed by atoms with Crippen LogP contribution in [0.15, 0.2) is 53.5 Å². The van der Waals surface area contributed by atoms with Crippen LogP contribution < -0.4 is 15.5 Å². The minimum atomic E-state index is -0.204. The van der Waals surface area contributed by atoms with Crippen LogP contribution in [0, 0.1) is 5.82 Å². The third kappa shape index (κ3) is 6.85. The van der Waals surface area contributed by atoms with Gasteiger partial charge in [-0.3, -0.25) is 0 Å². The molecule has 2 aromatic carbocycles. The predicted octanol–water partition coefficient (Wildman–Crippen LogP) is 3.66. The molecule has 1 aliphatic heterocycles. The average Bonchev–Trinajstić information content (AvgIpc) is 2.72. The van der Waals surface area contributed by atoms with E-state index in [0.29, 0.717) is 6.54 Å². The number of rotatable bonds is 6. The van der Waals surface area contributed by atoms with E-state index in [4.69, 9.17) is 4.99 Å². The van der Waals surface area contributed by atoms with E-state index in [2.05, 4.69) is 15.5 Å². The van der Waals surface area contributed by atoms with Gasteiger partial charge in [-0.05, 0) is 49.1 Å². The van der Waals surface area contributed by atoms with Crippen LogP contribution in [0.25, 0.3) is 0 Å². The van der Waals surface area contributed by atoms with E-state index in [1.54, 1.807) is 12.1 Å². The highest BCUT2D eigenvalue weighted by Gasteiger charge is 2.21. The first-order valence-corrected chi connectivity index (χ1v) is 9.92. The average molecular weight is 512 g/mol. The Kier molecular flexibility index (Phi) is 9.66. The minimum Gasteiger partial charge on any atom is -0.392 e. The lowest BCUT2D eigenvalue weighted by Crippen LogP contribution is -2.51. The van der Waals surface area contributed by atoms with Crippen LogP contribution in [-0.2, 0) is 13.2 Å². The van der Waals surface area contributed by atoms with Gasteiger partial charge in [0.1, 0.15) is 5.82 Å². The molecule has 0 spiro atoms. The highest BCUT2D eigenvalue weighted by Crippen LogP contribution is 2.20. The molecule has 1 aliphatic rings. The Balaban J connectivity index is 0.00000300. The lowest BCUT2D eigenvalue weighted by molar-refractivity contribution is 0.280. The fourth-order valence-corrected chi connectivity index (χ4v) is 3.55. The lowest BCUT2D eigenvalue weighted by Gasteiger charge is -2.35. The van der Waals surface area contributed by atoms with Crippen molar-refractivity contribution in [2.24, 2.45) is 4.99 Å². The molecular formula is C22H30FIN4O. The molecule has 0 bridgehead atoms. The van der Waals surface area contributed by atoms with E-state index in [-0.39, 0.29) is 42.4 Å². The van der Waals surface area contributed by atoms with Crippen LogP contribution in [0.1, 0.15) is 30.9 Å². The Labute approximate surface area is 189 Å². The zero-order valence-corrected chi connectivity index (χ0v) is 19.1.